The molecule has 0 saturated heterocycles. The number of nitrogen functional groups attached to an aromatic ring is 1. The second kappa shape index (κ2) is 18.4. The summed E-state index contributed by atoms with van der Waals surface area (Å²) in [6, 6.07) is 50.1. The number of nitrogens with one attached hydrogen (secondary N) is 1. The maximum Gasteiger partial charge on any atom is 0.138 e. The van der Waals surface area contributed by atoms with E-state index in [4.69, 9.17) is 10.6 Å². The largest absolute Gasteiger partial charge is 0.456 e. The Morgan fingerprint density at radius 2 is 1.47 bits per heavy atom. The third-order valence-corrected chi connectivity index (χ3v) is 11.0. The predicted octanol–water partition coefficient (Wildman–Crippen LogP) is 13.6. The quantitative estimate of drug-likeness (QED) is 0.0962. The maximum absolute atomic E-state index is 6.38. The first-order chi connectivity index (χ1) is 28.3. The van der Waals surface area contributed by atoms with E-state index in [0.29, 0.717) is 0 Å². The van der Waals surface area contributed by atoms with E-state index in [-0.39, 0.29) is 6.04 Å². The van der Waals surface area contributed by atoms with E-state index < -0.39 is 0 Å². The van der Waals surface area contributed by atoms with Crippen LogP contribution in [0.2, 0.25) is 0 Å². The maximum atomic E-state index is 6.38. The summed E-state index contributed by atoms with van der Waals surface area (Å²) in [5, 5.41) is 5.49. The van der Waals surface area contributed by atoms with Gasteiger partial charge in [-0.05, 0) is 89.8 Å². The summed E-state index contributed by atoms with van der Waals surface area (Å²) in [6.07, 6.45) is 14.3. The second-order valence-corrected chi connectivity index (χ2v) is 15.1. The number of hydrogen-bond acceptors (Lipinski definition) is 4. The molecular weight excluding hydrogens is 727 g/mol. The third-order valence-electron chi connectivity index (χ3n) is 10.00. The Kier molecular flexibility index (Phi) is 12.5. The molecule has 0 spiro atoms. The molecule has 9 rings (SSSR count). The number of nitrogens with two attached hydrogens (primary N) is 1. The van der Waals surface area contributed by atoms with Crippen molar-refractivity contribution >= 4 is 51.0 Å². The molecule has 5 heteroatoms. The van der Waals surface area contributed by atoms with Gasteiger partial charge in [0.1, 0.15) is 11.5 Å². The van der Waals surface area contributed by atoms with E-state index in [0.717, 1.165) is 55.3 Å². The fourth-order valence-corrected chi connectivity index (χ4v) is 7.83. The number of hydrogen-bond donors (Lipinski definition) is 2. The number of rotatable bonds is 7. The number of likely N-dealkylation sites (N-methyl/N-ethyl adjacent to an activating group) is 1. The predicted molar refractivity (Wildman–Crippen MR) is 251 cm³/mol. The van der Waals surface area contributed by atoms with Crippen molar-refractivity contribution in [2.45, 2.75) is 17.9 Å². The van der Waals surface area contributed by atoms with Crippen LogP contribution in [0.1, 0.15) is 35.2 Å². The molecule has 0 fully saturated rings. The van der Waals surface area contributed by atoms with Crippen LogP contribution in [-0.4, -0.2) is 11.7 Å². The molecule has 286 valence electrons. The molecule has 1 unspecified atom stereocenters. The van der Waals surface area contributed by atoms with Gasteiger partial charge < -0.3 is 15.9 Å². The summed E-state index contributed by atoms with van der Waals surface area (Å²) >= 11 is 1.73. The average molecular weight is 774 g/mol. The molecule has 0 aliphatic carbocycles. The lowest BCUT2D eigenvalue weighted by atomic mass is 9.99. The van der Waals surface area contributed by atoms with E-state index >= 15 is 0 Å². The van der Waals surface area contributed by atoms with Crippen LogP contribution in [0.3, 0.4) is 0 Å². The highest BCUT2D eigenvalue weighted by molar-refractivity contribution is 8.03. The summed E-state index contributed by atoms with van der Waals surface area (Å²) in [5.74, 6) is 8.19. The molecule has 1 atom stereocenters. The molecule has 2 aliphatic rings. The van der Waals surface area contributed by atoms with Gasteiger partial charge in [-0.3, -0.25) is 4.68 Å². The number of para-hydroxylation sites is 2. The Labute approximate surface area is 346 Å². The van der Waals surface area contributed by atoms with Crippen molar-refractivity contribution in [3.8, 4) is 16.9 Å². The summed E-state index contributed by atoms with van der Waals surface area (Å²) < 4.78 is 7.44. The number of fused-ring (bicyclic) bond motifs is 5. The summed E-state index contributed by atoms with van der Waals surface area (Å²) in [5.41, 5.74) is 11.3. The van der Waals surface area contributed by atoms with Crippen molar-refractivity contribution in [2.24, 2.45) is 0 Å². The summed E-state index contributed by atoms with van der Waals surface area (Å²) in [7, 11) is 1.93. The van der Waals surface area contributed by atoms with Gasteiger partial charge in [-0.25, -0.2) is 0 Å². The molecule has 2 aliphatic heterocycles. The highest BCUT2D eigenvalue weighted by Crippen LogP contribution is 2.38. The van der Waals surface area contributed by atoms with Gasteiger partial charge >= 0.3 is 0 Å². The molecule has 3 heterocycles. The molecule has 0 saturated carbocycles. The van der Waals surface area contributed by atoms with Crippen LogP contribution < -0.4 is 15.9 Å². The van der Waals surface area contributed by atoms with Gasteiger partial charge in [0.2, 0.25) is 0 Å². The molecule has 3 N–H and O–H groups in total. The number of allylic oxidation sites excluding steroid dienone is 7. The molecule has 1 aromatic heterocycles. The number of aromatic nitrogens is 1. The number of benzene rings is 6. The van der Waals surface area contributed by atoms with Crippen molar-refractivity contribution in [1.82, 2.24) is 9.99 Å². The van der Waals surface area contributed by atoms with Gasteiger partial charge in [0.15, 0.2) is 0 Å². The molecule has 0 bridgehead atoms. The van der Waals surface area contributed by atoms with Crippen LogP contribution in [0, 0.1) is 0 Å². The lowest BCUT2D eigenvalue weighted by Crippen LogP contribution is -2.12. The van der Waals surface area contributed by atoms with Crippen molar-refractivity contribution in [3.05, 3.63) is 235 Å². The monoisotopic (exact) mass is 773 g/mol. The Hall–Kier alpha value is -6.79. The highest BCUT2D eigenvalue weighted by Gasteiger charge is 2.19. The van der Waals surface area contributed by atoms with E-state index in [1.54, 1.807) is 16.4 Å². The normalized spacial score (nSPS) is 15.4. The Morgan fingerprint density at radius 1 is 0.776 bits per heavy atom. The first-order valence-corrected chi connectivity index (χ1v) is 20.0. The zero-order valence-electron chi connectivity index (χ0n) is 32.9. The number of thioether (sulfide) groups is 1. The lowest BCUT2D eigenvalue weighted by Gasteiger charge is -2.22. The number of ether oxygens (including phenoxy) is 1. The summed E-state index contributed by atoms with van der Waals surface area (Å²) in [6.45, 7) is 14.1. The van der Waals surface area contributed by atoms with Crippen LogP contribution in [0.15, 0.2) is 217 Å². The molecule has 0 amide bonds. The molecular formula is C53H47N3OS. The first-order valence-electron chi connectivity index (χ1n) is 19.2. The minimum Gasteiger partial charge on any atom is -0.456 e. The Morgan fingerprint density at radius 3 is 2.24 bits per heavy atom. The molecule has 4 nitrogen and oxygen atoms in total. The fraction of sp³-hybridized carbons (Fsp3) is 0.0566. The zero-order valence-corrected chi connectivity index (χ0v) is 33.8. The molecule has 0 radical (unpaired) electrons. The van der Waals surface area contributed by atoms with Crippen LogP contribution in [0.25, 0.3) is 50.3 Å². The Bertz CT molecular complexity index is 2730. The molecule has 7 aromatic rings. The van der Waals surface area contributed by atoms with Gasteiger partial charge in [-0.2, -0.15) is 0 Å². The van der Waals surface area contributed by atoms with Gasteiger partial charge in [-0.15, -0.1) is 6.58 Å². The van der Waals surface area contributed by atoms with Crippen molar-refractivity contribution < 1.29 is 4.74 Å². The van der Waals surface area contributed by atoms with E-state index in [1.165, 1.54) is 32.4 Å². The number of nitrogens with zero attached hydrogens (tertiary/aromatic N) is 1. The van der Waals surface area contributed by atoms with Gasteiger partial charge in [0.05, 0.1) is 22.6 Å². The first kappa shape index (κ1) is 39.4. The Balaban J connectivity index is 0.000000168. The topological polar surface area (TPSA) is 52.2 Å². The third kappa shape index (κ3) is 9.08. The van der Waals surface area contributed by atoms with Crippen molar-refractivity contribution in [2.75, 3.05) is 12.9 Å². The molecule has 6 aromatic carbocycles. The van der Waals surface area contributed by atoms with Crippen molar-refractivity contribution in [1.29, 1.82) is 0 Å². The van der Waals surface area contributed by atoms with Crippen LogP contribution >= 0.6 is 11.8 Å². The van der Waals surface area contributed by atoms with Gasteiger partial charge in [0, 0.05) is 20.6 Å². The standard InChI is InChI=1S/C30H22N2O.C13H12S.C10H13N/c1-20(7-6-12-30-26-9-3-5-11-29(26)33-30)21-13-15-22(16-14-21)23-17-18-25-24-8-2-4-10-27(24)32(31)28(25)19-23;1-10-7-8-12-5-3-4-6-13(12)14-11(2)9-10;1-3-10(11-2)9-7-5-4-6-8-9/h2-19H,1,31H2;3-9H,2H2,1H3;3-8,10-11H,1H2,2H3/b7-6-,30-12-;8-7-,10-9-;. The minimum atomic E-state index is 0.274. The van der Waals surface area contributed by atoms with Gasteiger partial charge in [-0.1, -0.05) is 176 Å². The van der Waals surface area contributed by atoms with Crippen LogP contribution in [-0.2, 0) is 0 Å². The molecule has 58 heavy (non-hydrogen) atoms. The van der Waals surface area contributed by atoms with E-state index in [2.05, 4.69) is 147 Å². The van der Waals surface area contributed by atoms with E-state index in [1.807, 2.05) is 79.9 Å². The smallest absolute Gasteiger partial charge is 0.138 e. The van der Waals surface area contributed by atoms with E-state index in [9.17, 15) is 0 Å². The lowest BCUT2D eigenvalue weighted by molar-refractivity contribution is 0.465. The van der Waals surface area contributed by atoms with Crippen LogP contribution in [0.5, 0.6) is 5.75 Å². The minimum absolute atomic E-state index is 0.274. The van der Waals surface area contributed by atoms with Crippen LogP contribution in [0.4, 0.5) is 0 Å². The fourth-order valence-electron chi connectivity index (χ4n) is 6.90. The average Bonchev–Trinajstić information content (AvgIpc) is 3.53. The van der Waals surface area contributed by atoms with Crippen molar-refractivity contribution in [3.63, 3.8) is 0 Å². The zero-order chi connectivity index (χ0) is 40.4. The second-order valence-electron chi connectivity index (χ2n) is 14.0. The summed E-state index contributed by atoms with van der Waals surface area (Å²) in [4.78, 5) is 2.37. The highest BCUT2D eigenvalue weighted by atomic mass is 32.2. The SMILES string of the molecule is C=C(/C=C\C=C1/Oc2ccccc21)c1ccc(-c2ccc3c4ccccc4n(N)c3c2)cc1.C=C1/C=C(C)\C=C/c2ccccc2S1.C=CC(NC)c1ccccc1. The van der Waals surface area contributed by atoms with Gasteiger partial charge in [0.25, 0.3) is 0 Å².